The number of amides is 1. The van der Waals surface area contributed by atoms with E-state index in [0.29, 0.717) is 32.5 Å². The van der Waals surface area contributed by atoms with Crippen LogP contribution in [0.4, 0.5) is 10.1 Å². The van der Waals surface area contributed by atoms with Gasteiger partial charge in [0, 0.05) is 0 Å². The summed E-state index contributed by atoms with van der Waals surface area (Å²) in [6.45, 7) is 6.73. The Balaban J connectivity index is 1.56. The number of nitrogens with one attached hydrogen (secondary N) is 2. The van der Waals surface area contributed by atoms with Gasteiger partial charge < -0.3 is 19.8 Å². The maximum absolute atomic E-state index is 12.5. The first-order valence-corrected chi connectivity index (χ1v) is 12.4. The Morgan fingerprint density at radius 2 is 2.16 bits per heavy atom. The van der Waals surface area contributed by atoms with Crippen LogP contribution in [0, 0.1) is 5.92 Å². The van der Waals surface area contributed by atoms with Crippen LogP contribution in [0.3, 0.4) is 0 Å². The third kappa shape index (κ3) is 6.81. The number of ether oxygens (including phenoxy) is 1. The first kappa shape index (κ1) is 23.3. The number of carbonyl (C=O) groups is 2. The molecule has 8 nitrogen and oxygen atoms in total. The number of aromatic nitrogens is 2. The van der Waals surface area contributed by atoms with Crippen molar-refractivity contribution in [2.24, 2.45) is 5.92 Å². The molecule has 0 fully saturated rings. The summed E-state index contributed by atoms with van der Waals surface area (Å²) in [7, 11) is 0. The van der Waals surface area contributed by atoms with Gasteiger partial charge in [0.15, 0.2) is 4.34 Å². The lowest BCUT2D eigenvalue weighted by atomic mass is 10.0. The smallest absolute Gasteiger partial charge is 0.341 e. The number of thioether (sulfide) groups is 1. The number of rotatable bonds is 11. The molecule has 11 heteroatoms. The van der Waals surface area contributed by atoms with Crippen LogP contribution < -0.4 is 10.6 Å². The highest BCUT2D eigenvalue weighted by Gasteiger charge is 2.22. The van der Waals surface area contributed by atoms with Crippen molar-refractivity contribution in [2.75, 3.05) is 23.0 Å². The molecule has 3 heterocycles. The van der Waals surface area contributed by atoms with Gasteiger partial charge in [0.1, 0.15) is 10.8 Å². The third-order valence-corrected chi connectivity index (χ3v) is 6.91. The lowest BCUT2D eigenvalue weighted by molar-refractivity contribution is -0.113. The van der Waals surface area contributed by atoms with E-state index in [1.54, 1.807) is 13.2 Å². The molecule has 0 aromatic carbocycles. The van der Waals surface area contributed by atoms with Crippen molar-refractivity contribution in [1.29, 1.82) is 0 Å². The normalized spacial score (nSPS) is 11.0. The fraction of sp³-hybridized carbons (Fsp3) is 0.400. The predicted octanol–water partition coefficient (Wildman–Crippen LogP) is 4.91. The number of anilines is 2. The predicted molar refractivity (Wildman–Crippen MR) is 124 cm³/mol. The lowest BCUT2D eigenvalue weighted by Crippen LogP contribution is -2.17. The van der Waals surface area contributed by atoms with E-state index in [2.05, 4.69) is 34.7 Å². The number of carbonyl (C=O) groups excluding carboxylic acids is 2. The highest BCUT2D eigenvalue weighted by atomic mass is 32.2. The minimum atomic E-state index is -0.404. The second-order valence-electron chi connectivity index (χ2n) is 6.93. The van der Waals surface area contributed by atoms with Crippen molar-refractivity contribution in [3.8, 4) is 0 Å². The Bertz CT molecular complexity index is 998. The standard InChI is InChI=1S/C20H24N4O4S3/c1-4-27-18(26)16-13(8-12(2)3)10-29-17(16)22-15(25)11-30-20-24-23-19(31-20)21-9-14-6-5-7-28-14/h5-7,10,12H,4,8-9,11H2,1-3H3,(H,21,23)(H,22,25). The van der Waals surface area contributed by atoms with Crippen LogP contribution in [-0.2, 0) is 22.5 Å². The Labute approximate surface area is 192 Å². The van der Waals surface area contributed by atoms with E-state index in [1.165, 1.54) is 34.4 Å². The maximum Gasteiger partial charge on any atom is 0.341 e. The molecule has 3 aromatic rings. The van der Waals surface area contributed by atoms with E-state index in [1.807, 2.05) is 17.5 Å². The van der Waals surface area contributed by atoms with Gasteiger partial charge in [-0.2, -0.15) is 0 Å². The van der Waals surface area contributed by atoms with Gasteiger partial charge in [0.25, 0.3) is 0 Å². The Kier molecular flexibility index (Phi) is 8.50. The Hall–Kier alpha value is -2.37. The molecule has 2 N–H and O–H groups in total. The molecule has 0 aliphatic rings. The molecular weight excluding hydrogens is 456 g/mol. The summed E-state index contributed by atoms with van der Waals surface area (Å²) in [5.41, 5.74) is 1.36. The Morgan fingerprint density at radius 3 is 2.87 bits per heavy atom. The number of hydrogen-bond acceptors (Lipinski definition) is 10. The number of esters is 1. The van der Waals surface area contributed by atoms with E-state index in [-0.39, 0.29) is 18.3 Å². The largest absolute Gasteiger partial charge is 0.467 e. The maximum atomic E-state index is 12.5. The van der Waals surface area contributed by atoms with E-state index in [0.717, 1.165) is 17.7 Å². The third-order valence-electron chi connectivity index (χ3n) is 3.96. The molecule has 0 aliphatic carbocycles. The number of thiophene rings is 1. The summed E-state index contributed by atoms with van der Waals surface area (Å²) in [5.74, 6) is 0.725. The van der Waals surface area contributed by atoms with Crippen LogP contribution in [0.1, 0.15) is 42.5 Å². The molecule has 0 unspecified atom stereocenters. The first-order valence-electron chi connectivity index (χ1n) is 9.76. The van der Waals surface area contributed by atoms with E-state index >= 15 is 0 Å². The van der Waals surface area contributed by atoms with E-state index < -0.39 is 5.97 Å². The molecule has 0 spiro atoms. The monoisotopic (exact) mass is 480 g/mol. The van der Waals surface area contributed by atoms with Gasteiger partial charge in [-0.15, -0.1) is 21.5 Å². The van der Waals surface area contributed by atoms with Crippen molar-refractivity contribution < 1.29 is 18.7 Å². The molecular formula is C20H24N4O4S3. The second-order valence-corrected chi connectivity index (χ2v) is 10.0. The SMILES string of the molecule is CCOC(=O)c1c(CC(C)C)csc1NC(=O)CSc1nnc(NCc2ccco2)s1. The van der Waals surface area contributed by atoms with Gasteiger partial charge in [0.2, 0.25) is 11.0 Å². The fourth-order valence-corrected chi connectivity index (χ4v) is 5.24. The fourth-order valence-electron chi connectivity index (χ4n) is 2.71. The lowest BCUT2D eigenvalue weighted by Gasteiger charge is -2.09. The highest BCUT2D eigenvalue weighted by molar-refractivity contribution is 8.01. The minimum absolute atomic E-state index is 0.159. The van der Waals surface area contributed by atoms with Crippen LogP contribution in [0.2, 0.25) is 0 Å². The first-order chi connectivity index (χ1) is 15.0. The minimum Gasteiger partial charge on any atom is -0.467 e. The van der Waals surface area contributed by atoms with Crippen molar-refractivity contribution in [1.82, 2.24) is 10.2 Å². The molecule has 0 atom stereocenters. The summed E-state index contributed by atoms with van der Waals surface area (Å²) in [4.78, 5) is 24.9. The van der Waals surface area contributed by atoms with Crippen LogP contribution in [0.5, 0.6) is 0 Å². The quantitative estimate of drug-likeness (QED) is 0.294. The number of nitrogens with zero attached hydrogens (tertiary/aromatic N) is 2. The molecule has 0 saturated heterocycles. The summed E-state index contributed by atoms with van der Waals surface area (Å²) in [6.07, 6.45) is 2.36. The van der Waals surface area contributed by atoms with Crippen molar-refractivity contribution >= 4 is 56.4 Å². The van der Waals surface area contributed by atoms with Crippen molar-refractivity contribution in [3.63, 3.8) is 0 Å². The van der Waals surface area contributed by atoms with Crippen molar-refractivity contribution in [3.05, 3.63) is 40.7 Å². The summed E-state index contributed by atoms with van der Waals surface area (Å²) in [5, 5.41) is 17.2. The van der Waals surface area contributed by atoms with Crippen molar-refractivity contribution in [2.45, 2.75) is 38.1 Å². The molecule has 3 rings (SSSR count). The molecule has 0 bridgehead atoms. The highest BCUT2D eigenvalue weighted by Crippen LogP contribution is 2.32. The van der Waals surface area contributed by atoms with Crippen LogP contribution in [0.25, 0.3) is 0 Å². The van der Waals surface area contributed by atoms with Crippen LogP contribution in [0.15, 0.2) is 32.5 Å². The topological polar surface area (TPSA) is 106 Å². The summed E-state index contributed by atoms with van der Waals surface area (Å²) < 4.78 is 11.1. The van der Waals surface area contributed by atoms with Gasteiger partial charge >= 0.3 is 5.97 Å². The number of hydrogen-bond donors (Lipinski definition) is 2. The second kappa shape index (κ2) is 11.3. The number of furan rings is 1. The summed E-state index contributed by atoms with van der Waals surface area (Å²) >= 11 is 4.00. The van der Waals surface area contributed by atoms with Crippen LogP contribution >= 0.6 is 34.4 Å². The molecule has 1 amide bonds. The van der Waals surface area contributed by atoms with Gasteiger partial charge in [0.05, 0.1) is 30.7 Å². The zero-order valence-electron chi connectivity index (χ0n) is 17.5. The Morgan fingerprint density at radius 1 is 1.32 bits per heavy atom. The molecule has 0 aliphatic heterocycles. The summed E-state index contributed by atoms with van der Waals surface area (Å²) in [6, 6.07) is 3.69. The zero-order valence-corrected chi connectivity index (χ0v) is 19.9. The molecule has 31 heavy (non-hydrogen) atoms. The van der Waals surface area contributed by atoms with Gasteiger partial charge in [-0.25, -0.2) is 4.79 Å². The van der Waals surface area contributed by atoms with E-state index in [4.69, 9.17) is 9.15 Å². The van der Waals surface area contributed by atoms with Gasteiger partial charge in [-0.3, -0.25) is 4.79 Å². The van der Waals surface area contributed by atoms with Crippen LogP contribution in [-0.4, -0.2) is 34.4 Å². The molecule has 166 valence electrons. The van der Waals surface area contributed by atoms with Gasteiger partial charge in [-0.1, -0.05) is 36.9 Å². The average molecular weight is 481 g/mol. The molecule has 0 saturated carbocycles. The zero-order chi connectivity index (χ0) is 22.2. The average Bonchev–Trinajstić information content (AvgIpc) is 3.46. The van der Waals surface area contributed by atoms with Gasteiger partial charge in [-0.05, 0) is 42.3 Å². The molecule has 3 aromatic heterocycles. The molecule has 0 radical (unpaired) electrons. The van der Waals surface area contributed by atoms with E-state index in [9.17, 15) is 9.59 Å².